The molecule has 0 radical (unpaired) electrons. The fraction of sp³-hybridized carbons (Fsp3) is 0.150. The van der Waals surface area contributed by atoms with Gasteiger partial charge in [-0.05, 0) is 48.4 Å². The van der Waals surface area contributed by atoms with E-state index in [0.29, 0.717) is 15.7 Å². The van der Waals surface area contributed by atoms with Crippen molar-refractivity contribution in [1.82, 2.24) is 10.2 Å². The lowest BCUT2D eigenvalue weighted by Crippen LogP contribution is -2.38. The summed E-state index contributed by atoms with van der Waals surface area (Å²) in [4.78, 5) is 37.9. The number of phenolic OH excluding ortho intramolecular Hbond substituents is 1. The first-order chi connectivity index (χ1) is 13.8. The Balaban J connectivity index is 1.76. The van der Waals surface area contributed by atoms with Crippen LogP contribution in [0.15, 0.2) is 46.6 Å². The number of methoxy groups -OCH3 is 1. The third-order valence-electron chi connectivity index (χ3n) is 4.16. The highest BCUT2D eigenvalue weighted by atomic mass is 79.9. The lowest BCUT2D eigenvalue weighted by atomic mass is 10.1. The van der Waals surface area contributed by atoms with E-state index in [1.165, 1.54) is 25.3 Å². The second-order valence-electron chi connectivity index (χ2n) is 6.34. The number of carbonyl (C=O) groups is 3. The van der Waals surface area contributed by atoms with Crippen molar-refractivity contribution in [1.29, 1.82) is 0 Å². The van der Waals surface area contributed by atoms with Gasteiger partial charge >= 0.3 is 6.03 Å². The van der Waals surface area contributed by atoms with Gasteiger partial charge in [-0.25, -0.2) is 9.69 Å². The largest absolute Gasteiger partial charge is 0.504 e. The minimum Gasteiger partial charge on any atom is -0.504 e. The SMILES string of the molecule is COc1cc(/C=C2/NC(=O)N(CC(=O)Nc3cccc(C)c3)C2=O)c(Br)cc1O. The van der Waals surface area contributed by atoms with Gasteiger partial charge in [0.1, 0.15) is 12.2 Å². The van der Waals surface area contributed by atoms with E-state index in [2.05, 4.69) is 26.6 Å². The molecule has 0 bridgehead atoms. The van der Waals surface area contributed by atoms with Crippen LogP contribution >= 0.6 is 15.9 Å². The van der Waals surface area contributed by atoms with Gasteiger partial charge < -0.3 is 20.5 Å². The number of ether oxygens (including phenoxy) is 1. The summed E-state index contributed by atoms with van der Waals surface area (Å²) >= 11 is 3.29. The Morgan fingerprint density at radius 2 is 2.07 bits per heavy atom. The van der Waals surface area contributed by atoms with Gasteiger partial charge in [0, 0.05) is 10.2 Å². The van der Waals surface area contributed by atoms with Crippen molar-refractivity contribution in [2.24, 2.45) is 0 Å². The first-order valence-corrected chi connectivity index (χ1v) is 9.35. The van der Waals surface area contributed by atoms with Crippen LogP contribution in [0.1, 0.15) is 11.1 Å². The number of nitrogens with one attached hydrogen (secondary N) is 2. The molecule has 1 saturated heterocycles. The molecule has 1 heterocycles. The van der Waals surface area contributed by atoms with Gasteiger partial charge in [-0.3, -0.25) is 9.59 Å². The summed E-state index contributed by atoms with van der Waals surface area (Å²) < 4.78 is 5.56. The van der Waals surface area contributed by atoms with Gasteiger partial charge in [-0.15, -0.1) is 0 Å². The fourth-order valence-corrected chi connectivity index (χ4v) is 3.22. The number of amides is 4. The van der Waals surface area contributed by atoms with Crippen molar-refractivity contribution in [3.63, 3.8) is 0 Å². The number of imide groups is 1. The van der Waals surface area contributed by atoms with Crippen molar-refractivity contribution in [2.75, 3.05) is 19.0 Å². The number of hydrogen-bond acceptors (Lipinski definition) is 5. The molecule has 0 spiro atoms. The Kier molecular flexibility index (Phi) is 5.88. The Bertz CT molecular complexity index is 1030. The average molecular weight is 460 g/mol. The highest BCUT2D eigenvalue weighted by Crippen LogP contribution is 2.33. The van der Waals surface area contributed by atoms with Gasteiger partial charge in [0.15, 0.2) is 11.5 Å². The molecule has 4 amide bonds. The van der Waals surface area contributed by atoms with E-state index in [-0.39, 0.29) is 17.2 Å². The van der Waals surface area contributed by atoms with Gasteiger partial charge in [0.05, 0.1) is 7.11 Å². The predicted octanol–water partition coefficient (Wildman–Crippen LogP) is 3.00. The third kappa shape index (κ3) is 4.57. The molecule has 29 heavy (non-hydrogen) atoms. The lowest BCUT2D eigenvalue weighted by Gasteiger charge is -2.12. The fourth-order valence-electron chi connectivity index (χ4n) is 2.77. The predicted molar refractivity (Wildman–Crippen MR) is 110 cm³/mol. The van der Waals surface area contributed by atoms with E-state index in [1.807, 2.05) is 13.0 Å². The standard InChI is InChI=1S/C20H18BrN3O5/c1-11-4-3-5-13(6-11)22-18(26)10-24-19(27)15(23-20(24)28)7-12-8-17(29-2)16(25)9-14(12)21/h3-9,25H,10H2,1-2H3,(H,22,26)(H,23,28)/b15-7+. The summed E-state index contributed by atoms with van der Waals surface area (Å²) in [6, 6.07) is 9.42. The Morgan fingerprint density at radius 3 is 2.76 bits per heavy atom. The number of urea groups is 1. The van der Waals surface area contributed by atoms with Gasteiger partial charge in [0.2, 0.25) is 5.91 Å². The molecule has 0 aromatic heterocycles. The van der Waals surface area contributed by atoms with E-state index in [0.717, 1.165) is 10.5 Å². The number of rotatable bonds is 5. The highest BCUT2D eigenvalue weighted by Gasteiger charge is 2.35. The van der Waals surface area contributed by atoms with E-state index in [1.54, 1.807) is 18.2 Å². The number of halogens is 1. The van der Waals surface area contributed by atoms with Crippen molar-refractivity contribution in [3.05, 3.63) is 57.7 Å². The van der Waals surface area contributed by atoms with Gasteiger partial charge in [-0.2, -0.15) is 0 Å². The first-order valence-electron chi connectivity index (χ1n) is 8.56. The topological polar surface area (TPSA) is 108 Å². The van der Waals surface area contributed by atoms with Crippen LogP contribution in [0.25, 0.3) is 6.08 Å². The Labute approximate surface area is 175 Å². The van der Waals surface area contributed by atoms with Crippen molar-refractivity contribution in [2.45, 2.75) is 6.92 Å². The second kappa shape index (κ2) is 8.36. The summed E-state index contributed by atoms with van der Waals surface area (Å²) in [5, 5.41) is 14.9. The molecule has 0 saturated carbocycles. The number of nitrogens with zero attached hydrogens (tertiary/aromatic N) is 1. The number of hydrogen-bond donors (Lipinski definition) is 3. The molecule has 3 rings (SSSR count). The summed E-state index contributed by atoms with van der Waals surface area (Å²) in [6.07, 6.45) is 1.44. The molecule has 8 nitrogen and oxygen atoms in total. The van der Waals surface area contributed by atoms with Gasteiger partial charge in [0.25, 0.3) is 5.91 Å². The molecule has 2 aromatic rings. The minimum atomic E-state index is -0.692. The lowest BCUT2D eigenvalue weighted by molar-refractivity contribution is -0.127. The van der Waals surface area contributed by atoms with Crippen LogP contribution < -0.4 is 15.4 Å². The molecule has 0 aliphatic carbocycles. The smallest absolute Gasteiger partial charge is 0.329 e. The molecule has 1 aliphatic rings. The van der Waals surface area contributed by atoms with Crippen LogP contribution in [0.2, 0.25) is 0 Å². The van der Waals surface area contributed by atoms with Crippen LogP contribution in [0, 0.1) is 6.92 Å². The molecule has 2 aromatic carbocycles. The summed E-state index contributed by atoms with van der Waals surface area (Å²) in [5.41, 5.74) is 2.07. The van der Waals surface area contributed by atoms with Crippen molar-refractivity contribution < 1.29 is 24.2 Å². The normalized spacial score (nSPS) is 14.9. The maximum Gasteiger partial charge on any atom is 0.329 e. The maximum absolute atomic E-state index is 12.6. The molecule has 3 N–H and O–H groups in total. The molecular formula is C20H18BrN3O5. The molecule has 0 atom stereocenters. The van der Waals surface area contributed by atoms with Crippen LogP contribution in [-0.2, 0) is 9.59 Å². The molecular weight excluding hydrogens is 442 g/mol. The number of aryl methyl sites for hydroxylation is 1. The van der Waals surface area contributed by atoms with E-state index in [9.17, 15) is 19.5 Å². The zero-order valence-corrected chi connectivity index (χ0v) is 17.2. The number of benzene rings is 2. The van der Waals surface area contributed by atoms with E-state index >= 15 is 0 Å². The molecule has 1 aliphatic heterocycles. The van der Waals surface area contributed by atoms with Crippen LogP contribution in [-0.4, -0.2) is 41.5 Å². The summed E-state index contributed by atoms with van der Waals surface area (Å²) in [7, 11) is 1.40. The number of anilines is 1. The quantitative estimate of drug-likeness (QED) is 0.470. The average Bonchev–Trinajstić information content (AvgIpc) is 2.91. The summed E-state index contributed by atoms with van der Waals surface area (Å²) in [6.45, 7) is 1.47. The van der Waals surface area contributed by atoms with Crippen LogP contribution in [0.4, 0.5) is 10.5 Å². The van der Waals surface area contributed by atoms with Crippen molar-refractivity contribution >= 4 is 45.5 Å². The van der Waals surface area contributed by atoms with Crippen LogP contribution in [0.3, 0.4) is 0 Å². The number of aromatic hydroxyl groups is 1. The first kappa shape index (κ1) is 20.4. The zero-order chi connectivity index (χ0) is 21.1. The number of phenols is 1. The molecule has 9 heteroatoms. The summed E-state index contributed by atoms with van der Waals surface area (Å²) in [5.74, 6) is -0.981. The van der Waals surface area contributed by atoms with Crippen molar-refractivity contribution in [3.8, 4) is 11.5 Å². The monoisotopic (exact) mass is 459 g/mol. The van der Waals surface area contributed by atoms with E-state index < -0.39 is 24.4 Å². The molecule has 1 fully saturated rings. The molecule has 150 valence electrons. The van der Waals surface area contributed by atoms with Crippen LogP contribution in [0.5, 0.6) is 11.5 Å². The Hall–Kier alpha value is -3.33. The highest BCUT2D eigenvalue weighted by molar-refractivity contribution is 9.10. The van der Waals surface area contributed by atoms with Gasteiger partial charge in [-0.1, -0.05) is 28.1 Å². The van der Waals surface area contributed by atoms with E-state index in [4.69, 9.17) is 4.74 Å². The Morgan fingerprint density at radius 1 is 1.31 bits per heavy atom. The molecule has 0 unspecified atom stereocenters. The second-order valence-corrected chi connectivity index (χ2v) is 7.20. The third-order valence-corrected chi connectivity index (χ3v) is 4.85. The zero-order valence-electron chi connectivity index (χ0n) is 15.7. The number of carbonyl (C=O) groups excluding carboxylic acids is 3. The minimum absolute atomic E-state index is 0.00629. The maximum atomic E-state index is 12.6.